The monoisotopic (exact) mass is 474 g/mol. The molecular weight excluding hydrogens is 448 g/mol. The summed E-state index contributed by atoms with van der Waals surface area (Å²) < 4.78 is 17.1. The van der Waals surface area contributed by atoms with Gasteiger partial charge < -0.3 is 4.98 Å². The van der Waals surface area contributed by atoms with Crippen molar-refractivity contribution in [1.82, 2.24) is 28.9 Å². The molecule has 34 heavy (non-hydrogen) atoms. The fourth-order valence-electron chi connectivity index (χ4n) is 5.34. The molecule has 1 unspecified atom stereocenters. The lowest BCUT2D eigenvalue weighted by Gasteiger charge is -2.12. The van der Waals surface area contributed by atoms with Gasteiger partial charge in [-0.1, -0.05) is 43.2 Å². The topological polar surface area (TPSA) is 90.5 Å². The van der Waals surface area contributed by atoms with E-state index in [9.17, 15) is 9.00 Å². The lowest BCUT2D eigenvalue weighted by molar-refractivity contribution is 0.510. The molecule has 1 aromatic carbocycles. The molecule has 0 saturated heterocycles. The van der Waals surface area contributed by atoms with Gasteiger partial charge in [-0.2, -0.15) is 5.10 Å². The molecule has 0 radical (unpaired) electrons. The van der Waals surface area contributed by atoms with Gasteiger partial charge in [-0.15, -0.1) is 0 Å². The molecule has 9 heteroatoms. The van der Waals surface area contributed by atoms with Gasteiger partial charge in [-0.05, 0) is 18.4 Å². The molecular formula is C25H26N6O2S. The number of benzene rings is 1. The number of fused-ring (bicyclic) bond motifs is 3. The lowest BCUT2D eigenvalue weighted by atomic mass is 9.99. The van der Waals surface area contributed by atoms with Crippen molar-refractivity contribution in [3.63, 3.8) is 0 Å². The number of aromatic amines is 1. The molecule has 4 aromatic heterocycles. The van der Waals surface area contributed by atoms with Crippen LogP contribution in [0, 0.1) is 0 Å². The minimum absolute atomic E-state index is 0.0104. The Labute approximate surface area is 198 Å². The first kappa shape index (κ1) is 21.1. The van der Waals surface area contributed by atoms with Crippen molar-refractivity contribution in [2.24, 2.45) is 7.05 Å². The van der Waals surface area contributed by atoms with Gasteiger partial charge >= 0.3 is 5.69 Å². The molecule has 0 amide bonds. The molecule has 1 aliphatic rings. The summed E-state index contributed by atoms with van der Waals surface area (Å²) in [4.78, 5) is 21.6. The van der Waals surface area contributed by atoms with Crippen molar-refractivity contribution < 1.29 is 4.21 Å². The smallest absolute Gasteiger partial charge is 0.329 e. The van der Waals surface area contributed by atoms with Crippen LogP contribution < -0.4 is 5.69 Å². The summed E-state index contributed by atoms with van der Waals surface area (Å²) in [7, 11) is 0.826. The number of rotatable bonds is 5. The summed E-state index contributed by atoms with van der Waals surface area (Å²) in [6, 6.07) is 10.4. The van der Waals surface area contributed by atoms with E-state index in [0.717, 1.165) is 70.1 Å². The third kappa shape index (κ3) is 3.26. The highest BCUT2D eigenvalue weighted by molar-refractivity contribution is 7.83. The van der Waals surface area contributed by atoms with Crippen LogP contribution in [0.3, 0.4) is 0 Å². The minimum Gasteiger partial charge on any atom is -0.339 e. The van der Waals surface area contributed by atoms with Gasteiger partial charge in [0, 0.05) is 47.5 Å². The summed E-state index contributed by atoms with van der Waals surface area (Å²) in [5.74, 6) is 0.337. The second-order valence-electron chi connectivity index (χ2n) is 9.08. The zero-order chi connectivity index (χ0) is 23.4. The van der Waals surface area contributed by atoms with E-state index >= 15 is 0 Å². The highest BCUT2D eigenvalue weighted by atomic mass is 32.2. The van der Waals surface area contributed by atoms with Crippen molar-refractivity contribution in [2.75, 3.05) is 6.26 Å². The fraction of sp³-hybridized carbons (Fsp3) is 0.320. The maximum absolute atomic E-state index is 13.4. The number of imidazole rings is 1. The van der Waals surface area contributed by atoms with Gasteiger partial charge in [0.25, 0.3) is 0 Å². The second kappa shape index (κ2) is 8.09. The van der Waals surface area contributed by atoms with Crippen LogP contribution in [0.5, 0.6) is 0 Å². The molecule has 174 valence electrons. The Morgan fingerprint density at radius 2 is 1.88 bits per heavy atom. The third-order valence-corrected chi connectivity index (χ3v) is 7.49. The predicted octanol–water partition coefficient (Wildman–Crippen LogP) is 4.20. The zero-order valence-corrected chi connectivity index (χ0v) is 20.0. The number of pyridine rings is 1. The van der Waals surface area contributed by atoms with Gasteiger partial charge in [0.05, 0.1) is 34.5 Å². The Morgan fingerprint density at radius 3 is 2.62 bits per heavy atom. The van der Waals surface area contributed by atoms with Gasteiger partial charge in [0.15, 0.2) is 0 Å². The average molecular weight is 475 g/mol. The molecule has 1 aliphatic carbocycles. The van der Waals surface area contributed by atoms with E-state index in [1.807, 2.05) is 36.0 Å². The van der Waals surface area contributed by atoms with Crippen molar-refractivity contribution >= 4 is 32.9 Å². The summed E-state index contributed by atoms with van der Waals surface area (Å²) in [6.07, 6.45) is 11.5. The number of nitrogens with one attached hydrogen (secondary N) is 1. The predicted molar refractivity (Wildman–Crippen MR) is 135 cm³/mol. The molecule has 5 aromatic rings. The van der Waals surface area contributed by atoms with Crippen LogP contribution in [0.4, 0.5) is 0 Å². The number of hydrogen-bond acceptors (Lipinski definition) is 4. The average Bonchev–Trinajstić information content (AvgIpc) is 3.61. The number of aryl methyl sites for hydroxylation is 1. The lowest BCUT2D eigenvalue weighted by Crippen LogP contribution is -2.24. The summed E-state index contributed by atoms with van der Waals surface area (Å²) in [5, 5.41) is 5.38. The zero-order valence-electron chi connectivity index (χ0n) is 19.2. The van der Waals surface area contributed by atoms with E-state index in [4.69, 9.17) is 4.98 Å². The van der Waals surface area contributed by atoms with Crippen molar-refractivity contribution in [3.8, 4) is 22.4 Å². The van der Waals surface area contributed by atoms with E-state index in [-0.39, 0.29) is 11.7 Å². The Balaban J connectivity index is 1.71. The molecule has 0 aliphatic heterocycles. The molecule has 1 fully saturated rings. The molecule has 0 spiro atoms. The summed E-state index contributed by atoms with van der Waals surface area (Å²) in [6.45, 7) is 0. The van der Waals surface area contributed by atoms with Crippen molar-refractivity contribution in [2.45, 2.75) is 37.6 Å². The first-order valence-corrected chi connectivity index (χ1v) is 13.3. The van der Waals surface area contributed by atoms with E-state index < -0.39 is 10.8 Å². The minimum atomic E-state index is -1.00. The second-order valence-corrected chi connectivity index (χ2v) is 10.5. The molecule has 8 nitrogen and oxygen atoms in total. The Kier molecular flexibility index (Phi) is 5.02. The van der Waals surface area contributed by atoms with E-state index in [1.165, 1.54) is 0 Å². The normalized spacial score (nSPS) is 15.6. The quantitative estimate of drug-likeness (QED) is 0.413. The van der Waals surface area contributed by atoms with Crippen LogP contribution in [0.25, 0.3) is 44.5 Å². The maximum Gasteiger partial charge on any atom is 0.329 e. The summed E-state index contributed by atoms with van der Waals surface area (Å²) >= 11 is 0. The van der Waals surface area contributed by atoms with Crippen LogP contribution >= 0.6 is 0 Å². The molecule has 1 atom stereocenters. The highest BCUT2D eigenvalue weighted by Crippen LogP contribution is 2.42. The molecule has 4 heterocycles. The molecule has 6 rings (SSSR count). The molecule has 1 saturated carbocycles. The maximum atomic E-state index is 13.4. The third-order valence-electron chi connectivity index (χ3n) is 6.86. The summed E-state index contributed by atoms with van der Waals surface area (Å²) in [5.41, 5.74) is 6.35. The van der Waals surface area contributed by atoms with Crippen molar-refractivity contribution in [3.05, 3.63) is 59.4 Å². The SMILES string of the molecule is Cn1c(=O)n(C2CCCC2)c2c3c(-c4ccccc4)c(-c4cnn(CS(C)=O)c4)[nH]c3ncc21. The van der Waals surface area contributed by atoms with Crippen LogP contribution in [-0.2, 0) is 23.7 Å². The van der Waals surface area contributed by atoms with Gasteiger partial charge in [-0.25, -0.2) is 9.78 Å². The van der Waals surface area contributed by atoms with Crippen LogP contribution in [0.1, 0.15) is 31.7 Å². The highest BCUT2D eigenvalue weighted by Gasteiger charge is 2.27. The fourth-order valence-corrected chi connectivity index (χ4v) is 5.85. The molecule has 0 bridgehead atoms. The van der Waals surface area contributed by atoms with E-state index in [0.29, 0.717) is 5.88 Å². The van der Waals surface area contributed by atoms with Crippen LogP contribution in [0.2, 0.25) is 0 Å². The number of H-pyrrole nitrogens is 1. The van der Waals surface area contributed by atoms with E-state index in [1.54, 1.807) is 27.9 Å². The molecule has 1 N–H and O–H groups in total. The van der Waals surface area contributed by atoms with Crippen LogP contribution in [0.15, 0.2) is 53.7 Å². The number of nitrogens with zero attached hydrogens (tertiary/aromatic N) is 5. The number of aromatic nitrogens is 6. The van der Waals surface area contributed by atoms with Gasteiger partial charge in [-0.3, -0.25) is 18.0 Å². The Hall–Kier alpha value is -3.46. The Bertz CT molecular complexity index is 1600. The Morgan fingerprint density at radius 1 is 1.12 bits per heavy atom. The first-order chi connectivity index (χ1) is 16.5. The van der Waals surface area contributed by atoms with Crippen LogP contribution in [-0.4, -0.2) is 39.3 Å². The van der Waals surface area contributed by atoms with Gasteiger partial charge in [0.1, 0.15) is 11.5 Å². The van der Waals surface area contributed by atoms with Crippen molar-refractivity contribution in [1.29, 1.82) is 0 Å². The first-order valence-electron chi connectivity index (χ1n) is 11.5. The standard InChI is InChI=1S/C25H26N6O2S/c1-29-19-13-26-24-21(23(19)31(25(29)32)18-10-6-7-11-18)20(16-8-4-3-5-9-16)22(28-24)17-12-27-30(14-17)15-34(2)33/h3-5,8-9,12-14,18H,6-7,10-11,15H2,1-2H3,(H,26,28). The largest absolute Gasteiger partial charge is 0.339 e. The van der Waals surface area contributed by atoms with E-state index in [2.05, 4.69) is 22.2 Å². The number of hydrogen-bond donors (Lipinski definition) is 1. The van der Waals surface area contributed by atoms with Gasteiger partial charge in [0.2, 0.25) is 0 Å².